The lowest BCUT2D eigenvalue weighted by atomic mass is 10.1. The van der Waals surface area contributed by atoms with Crippen LogP contribution in [0.25, 0.3) is 0 Å². The van der Waals surface area contributed by atoms with Crippen LogP contribution in [-0.4, -0.2) is 13.7 Å². The average Bonchev–Trinajstić information content (AvgIpc) is 2.04. The van der Waals surface area contributed by atoms with Gasteiger partial charge >= 0.3 is 0 Å². The van der Waals surface area contributed by atoms with E-state index >= 15 is 0 Å². The summed E-state index contributed by atoms with van der Waals surface area (Å²) in [4.78, 5) is 0. The maximum absolute atomic E-state index is 10.9. The second-order valence-corrected chi connectivity index (χ2v) is 6.02. The maximum Gasteiger partial charge on any atom is 0.235 e. The van der Waals surface area contributed by atoms with Crippen molar-refractivity contribution in [3.05, 3.63) is 35.9 Å². The van der Waals surface area contributed by atoms with Gasteiger partial charge in [-0.25, -0.2) is 8.42 Å². The molecule has 0 aliphatic carbocycles. The molecule has 1 rings (SSSR count). The molecule has 0 spiro atoms. The van der Waals surface area contributed by atoms with Gasteiger partial charge in [0, 0.05) is 10.7 Å². The topological polar surface area (TPSA) is 34.1 Å². The average molecular weight is 219 g/mol. The van der Waals surface area contributed by atoms with Crippen molar-refractivity contribution in [3.8, 4) is 0 Å². The summed E-state index contributed by atoms with van der Waals surface area (Å²) in [7, 11) is 1.78. The van der Waals surface area contributed by atoms with Crippen LogP contribution in [0, 0.1) is 0 Å². The molecule has 2 nitrogen and oxygen atoms in total. The first kappa shape index (κ1) is 10.5. The van der Waals surface area contributed by atoms with Gasteiger partial charge in [0.05, 0.1) is 5.25 Å². The fourth-order valence-electron chi connectivity index (χ4n) is 1.05. The van der Waals surface area contributed by atoms with Gasteiger partial charge in [0.15, 0.2) is 0 Å². The zero-order chi connectivity index (χ0) is 9.90. The van der Waals surface area contributed by atoms with Gasteiger partial charge in [-0.3, -0.25) is 0 Å². The van der Waals surface area contributed by atoms with Crippen LogP contribution < -0.4 is 0 Å². The van der Waals surface area contributed by atoms with E-state index in [1.807, 2.05) is 30.3 Å². The number of halogens is 1. The lowest BCUT2D eigenvalue weighted by Gasteiger charge is -2.06. The molecule has 0 bridgehead atoms. The molecule has 4 heteroatoms. The van der Waals surface area contributed by atoms with Gasteiger partial charge in [-0.05, 0) is 18.9 Å². The fourth-order valence-corrected chi connectivity index (χ4v) is 1.63. The van der Waals surface area contributed by atoms with E-state index < -0.39 is 14.3 Å². The largest absolute Gasteiger partial charge is 0.235 e. The molecule has 72 valence electrons. The summed E-state index contributed by atoms with van der Waals surface area (Å²) in [5.74, 6) is 0. The Balaban J connectivity index is 2.72. The quantitative estimate of drug-likeness (QED) is 0.729. The predicted molar refractivity (Wildman–Crippen MR) is 54.4 cm³/mol. The SMILES string of the molecule is C[C@H](Cc1ccccc1)S(=O)(=O)Cl. The first-order valence-electron chi connectivity index (χ1n) is 3.97. The lowest BCUT2D eigenvalue weighted by Crippen LogP contribution is -2.14. The van der Waals surface area contributed by atoms with Crippen LogP contribution in [0.1, 0.15) is 12.5 Å². The van der Waals surface area contributed by atoms with Crippen molar-refractivity contribution >= 4 is 19.7 Å². The minimum absolute atomic E-state index is 0.465. The van der Waals surface area contributed by atoms with E-state index in [-0.39, 0.29) is 0 Å². The second-order valence-electron chi connectivity index (χ2n) is 2.98. The lowest BCUT2D eigenvalue weighted by molar-refractivity contribution is 0.597. The molecule has 0 N–H and O–H groups in total. The van der Waals surface area contributed by atoms with Gasteiger partial charge in [-0.1, -0.05) is 30.3 Å². The molecule has 0 radical (unpaired) electrons. The van der Waals surface area contributed by atoms with Gasteiger partial charge in [0.2, 0.25) is 9.05 Å². The van der Waals surface area contributed by atoms with Gasteiger partial charge in [0.1, 0.15) is 0 Å². The summed E-state index contributed by atoms with van der Waals surface area (Å²) in [5.41, 5.74) is 0.985. The van der Waals surface area contributed by atoms with Crippen LogP contribution in [0.2, 0.25) is 0 Å². The van der Waals surface area contributed by atoms with Crippen molar-refractivity contribution < 1.29 is 8.42 Å². The third-order valence-electron chi connectivity index (χ3n) is 1.85. The molecule has 0 saturated carbocycles. The molecule has 0 aliphatic heterocycles. The van der Waals surface area contributed by atoms with Crippen molar-refractivity contribution in [3.63, 3.8) is 0 Å². The molecule has 0 aliphatic rings. The van der Waals surface area contributed by atoms with E-state index in [2.05, 4.69) is 0 Å². The number of rotatable bonds is 3. The first-order valence-corrected chi connectivity index (χ1v) is 6.35. The summed E-state index contributed by atoms with van der Waals surface area (Å²) < 4.78 is 21.8. The number of hydrogen-bond donors (Lipinski definition) is 0. The molecule has 1 aromatic rings. The molecule has 0 amide bonds. The van der Waals surface area contributed by atoms with E-state index in [0.29, 0.717) is 6.42 Å². The fraction of sp³-hybridized carbons (Fsp3) is 0.333. The standard InChI is InChI=1S/C9H11ClO2S/c1-8(13(10,11)12)7-9-5-3-2-4-6-9/h2-6,8H,7H2,1H3/t8-/m1/s1. The van der Waals surface area contributed by atoms with E-state index in [4.69, 9.17) is 10.7 Å². The van der Waals surface area contributed by atoms with Crippen LogP contribution in [0.3, 0.4) is 0 Å². The molecule has 1 atom stereocenters. The van der Waals surface area contributed by atoms with Gasteiger partial charge in [0.25, 0.3) is 0 Å². The minimum Gasteiger partial charge on any atom is -0.212 e. The number of benzene rings is 1. The van der Waals surface area contributed by atoms with E-state index in [1.54, 1.807) is 6.92 Å². The summed E-state index contributed by atoms with van der Waals surface area (Å²) in [6.45, 7) is 1.61. The Kier molecular flexibility index (Phi) is 3.33. The molecule has 0 saturated heterocycles. The van der Waals surface area contributed by atoms with Crippen molar-refractivity contribution in [2.24, 2.45) is 0 Å². The molecule has 0 aromatic heterocycles. The second kappa shape index (κ2) is 4.11. The summed E-state index contributed by atoms with van der Waals surface area (Å²) in [6.07, 6.45) is 0.465. The number of hydrogen-bond acceptors (Lipinski definition) is 2. The molecule has 0 fully saturated rings. The monoisotopic (exact) mass is 218 g/mol. The Hall–Kier alpha value is -0.540. The van der Waals surface area contributed by atoms with Crippen molar-refractivity contribution in [1.29, 1.82) is 0 Å². The van der Waals surface area contributed by atoms with Crippen molar-refractivity contribution in [1.82, 2.24) is 0 Å². The maximum atomic E-state index is 10.9. The Morgan fingerprint density at radius 3 is 2.31 bits per heavy atom. The smallest absolute Gasteiger partial charge is 0.212 e. The zero-order valence-corrected chi connectivity index (χ0v) is 8.85. The Morgan fingerprint density at radius 1 is 1.31 bits per heavy atom. The Morgan fingerprint density at radius 2 is 1.85 bits per heavy atom. The normalized spacial score (nSPS) is 14.0. The summed E-state index contributed by atoms with van der Waals surface area (Å²) in [5, 5.41) is -0.531. The Bertz CT molecular complexity index is 358. The molecule has 0 heterocycles. The molecule has 1 aromatic carbocycles. The van der Waals surface area contributed by atoms with Crippen molar-refractivity contribution in [2.45, 2.75) is 18.6 Å². The van der Waals surface area contributed by atoms with Crippen LogP contribution in [0.5, 0.6) is 0 Å². The van der Waals surface area contributed by atoms with Gasteiger partial charge < -0.3 is 0 Å². The third-order valence-corrected chi connectivity index (χ3v) is 3.89. The highest BCUT2D eigenvalue weighted by atomic mass is 35.7. The van der Waals surface area contributed by atoms with Crippen LogP contribution in [0.4, 0.5) is 0 Å². The Labute approximate surface area is 83.0 Å². The van der Waals surface area contributed by atoms with Crippen molar-refractivity contribution in [2.75, 3.05) is 0 Å². The summed E-state index contributed by atoms with van der Waals surface area (Å²) in [6, 6.07) is 9.42. The van der Waals surface area contributed by atoms with Crippen LogP contribution in [-0.2, 0) is 15.5 Å². The highest BCUT2D eigenvalue weighted by Gasteiger charge is 2.17. The zero-order valence-electron chi connectivity index (χ0n) is 7.27. The minimum atomic E-state index is -3.43. The van der Waals surface area contributed by atoms with E-state index in [0.717, 1.165) is 5.56 Å². The van der Waals surface area contributed by atoms with E-state index in [1.165, 1.54) is 0 Å². The summed E-state index contributed by atoms with van der Waals surface area (Å²) >= 11 is 0. The molecule has 0 unspecified atom stereocenters. The highest BCUT2D eigenvalue weighted by Crippen LogP contribution is 2.12. The molecule has 13 heavy (non-hydrogen) atoms. The van der Waals surface area contributed by atoms with Gasteiger partial charge in [-0.2, -0.15) is 0 Å². The first-order chi connectivity index (χ1) is 6.00. The van der Waals surface area contributed by atoms with Gasteiger partial charge in [-0.15, -0.1) is 0 Å². The molecular weight excluding hydrogens is 208 g/mol. The van der Waals surface area contributed by atoms with E-state index in [9.17, 15) is 8.42 Å². The van der Waals surface area contributed by atoms with Crippen LogP contribution in [0.15, 0.2) is 30.3 Å². The molecular formula is C9H11ClO2S. The third kappa shape index (κ3) is 3.36. The predicted octanol–water partition coefficient (Wildman–Crippen LogP) is 2.19. The van der Waals surface area contributed by atoms with Crippen LogP contribution >= 0.6 is 10.7 Å². The highest BCUT2D eigenvalue weighted by molar-refractivity contribution is 8.14.